The monoisotopic (exact) mass is 312 g/mol. The number of hydrogen-bond acceptors (Lipinski definition) is 3. The van der Waals surface area contributed by atoms with Crippen LogP contribution in [0.1, 0.15) is 12.0 Å². The molecule has 1 saturated heterocycles. The van der Waals surface area contributed by atoms with Gasteiger partial charge in [0.25, 0.3) is 0 Å². The molecule has 1 heterocycles. The molecule has 1 aliphatic rings. The first-order valence-corrected chi connectivity index (χ1v) is 6.93. The summed E-state index contributed by atoms with van der Waals surface area (Å²) in [6, 6.07) is 9.63. The van der Waals surface area contributed by atoms with E-state index in [1.54, 1.807) is 4.90 Å². The molecule has 1 aromatic carbocycles. The Hall–Kier alpha value is -1.07. The number of benzene rings is 1. The van der Waals surface area contributed by atoms with Crippen LogP contribution < -0.4 is 5.73 Å². The Morgan fingerprint density at radius 3 is 2.83 bits per heavy atom. The molecular formula is C13H17BrN2O2. The van der Waals surface area contributed by atoms with Crippen molar-refractivity contribution in [3.63, 3.8) is 0 Å². The number of nitrogens with two attached hydrogens (primary N) is 1. The molecule has 0 unspecified atom stereocenters. The lowest BCUT2D eigenvalue weighted by Gasteiger charge is -2.33. The fourth-order valence-electron chi connectivity index (χ4n) is 1.93. The Labute approximate surface area is 115 Å². The second-order valence-corrected chi connectivity index (χ2v) is 5.63. The first kappa shape index (κ1) is 13.4. The van der Waals surface area contributed by atoms with Crippen molar-refractivity contribution < 1.29 is 9.53 Å². The highest BCUT2D eigenvalue weighted by atomic mass is 79.9. The van der Waals surface area contributed by atoms with E-state index in [9.17, 15) is 4.79 Å². The van der Waals surface area contributed by atoms with E-state index in [1.165, 1.54) is 0 Å². The second-order valence-electron chi connectivity index (χ2n) is 4.45. The molecule has 98 valence electrons. The van der Waals surface area contributed by atoms with Gasteiger partial charge in [0.15, 0.2) is 0 Å². The Kier molecular flexibility index (Phi) is 4.60. The molecule has 4 nitrogen and oxygen atoms in total. The highest BCUT2D eigenvalue weighted by Crippen LogP contribution is 2.17. The minimum atomic E-state index is -0.284. The van der Waals surface area contributed by atoms with Crippen molar-refractivity contribution in [3.05, 3.63) is 35.9 Å². The fraction of sp³-hybridized carbons (Fsp3) is 0.462. The zero-order valence-corrected chi connectivity index (χ0v) is 11.7. The molecule has 1 amide bonds. The minimum Gasteiger partial charge on any atom is -0.445 e. The summed E-state index contributed by atoms with van der Waals surface area (Å²) < 4.78 is 5.27. The lowest BCUT2D eigenvalue weighted by Crippen LogP contribution is -2.51. The number of piperidine rings is 1. The Morgan fingerprint density at radius 2 is 2.17 bits per heavy atom. The topological polar surface area (TPSA) is 55.6 Å². The molecule has 2 N–H and O–H groups in total. The van der Waals surface area contributed by atoms with E-state index in [4.69, 9.17) is 10.5 Å². The Balaban J connectivity index is 1.82. The number of likely N-dealkylation sites (tertiary alicyclic amines) is 1. The van der Waals surface area contributed by atoms with Crippen LogP contribution >= 0.6 is 15.9 Å². The molecule has 1 aromatic rings. The van der Waals surface area contributed by atoms with Gasteiger partial charge in [-0.1, -0.05) is 46.3 Å². The number of halogens is 1. The number of amides is 1. The van der Waals surface area contributed by atoms with Crippen LogP contribution in [0.25, 0.3) is 0 Å². The van der Waals surface area contributed by atoms with Gasteiger partial charge in [-0.2, -0.15) is 0 Å². The maximum absolute atomic E-state index is 11.9. The van der Waals surface area contributed by atoms with Crippen LogP contribution in [0.15, 0.2) is 30.3 Å². The van der Waals surface area contributed by atoms with Crippen LogP contribution in [0.4, 0.5) is 4.79 Å². The summed E-state index contributed by atoms with van der Waals surface area (Å²) in [7, 11) is 0. The van der Waals surface area contributed by atoms with Crippen molar-refractivity contribution in [2.75, 3.05) is 13.1 Å². The summed E-state index contributed by atoms with van der Waals surface area (Å²) in [5, 5.41) is 0. The first-order chi connectivity index (χ1) is 8.66. The molecule has 0 saturated carbocycles. The maximum atomic E-state index is 11.9. The predicted molar refractivity (Wildman–Crippen MR) is 73.5 cm³/mol. The number of nitrogens with zero attached hydrogens (tertiary/aromatic N) is 1. The summed E-state index contributed by atoms with van der Waals surface area (Å²) in [6.07, 6.45) is 0.579. The number of carbonyl (C=O) groups is 1. The van der Waals surface area contributed by atoms with Crippen LogP contribution in [-0.4, -0.2) is 35.0 Å². The van der Waals surface area contributed by atoms with Gasteiger partial charge in [0.2, 0.25) is 0 Å². The van der Waals surface area contributed by atoms with Crippen LogP contribution in [-0.2, 0) is 11.3 Å². The van der Waals surface area contributed by atoms with Crippen molar-refractivity contribution >= 4 is 22.0 Å². The Morgan fingerprint density at radius 1 is 1.44 bits per heavy atom. The number of ether oxygens (including phenoxy) is 1. The molecule has 2 rings (SSSR count). The van der Waals surface area contributed by atoms with E-state index in [1.807, 2.05) is 30.3 Å². The SMILES string of the molecule is N[C@H]1CN(C(=O)OCc2ccccc2)CC[C@@H]1Br. The van der Waals surface area contributed by atoms with E-state index >= 15 is 0 Å². The normalized spacial score (nSPS) is 23.8. The fourth-order valence-corrected chi connectivity index (χ4v) is 2.30. The largest absolute Gasteiger partial charge is 0.445 e. The molecule has 18 heavy (non-hydrogen) atoms. The van der Waals surface area contributed by atoms with Gasteiger partial charge in [0.05, 0.1) is 0 Å². The standard InChI is InChI=1S/C13H17BrN2O2/c14-11-6-7-16(8-12(11)15)13(17)18-9-10-4-2-1-3-5-10/h1-5,11-12H,6-9,15H2/t11-,12-/m0/s1. The molecule has 0 spiro atoms. The van der Waals surface area contributed by atoms with Gasteiger partial charge in [0, 0.05) is 24.0 Å². The number of alkyl halides is 1. The summed E-state index contributed by atoms with van der Waals surface area (Å²) >= 11 is 3.50. The van der Waals surface area contributed by atoms with Gasteiger partial charge < -0.3 is 15.4 Å². The van der Waals surface area contributed by atoms with Crippen molar-refractivity contribution in [3.8, 4) is 0 Å². The average molecular weight is 313 g/mol. The third-order valence-electron chi connectivity index (χ3n) is 3.03. The van der Waals surface area contributed by atoms with Crippen molar-refractivity contribution in [2.45, 2.75) is 23.9 Å². The third kappa shape index (κ3) is 3.46. The summed E-state index contributed by atoms with van der Waals surface area (Å²) in [5.41, 5.74) is 6.91. The van der Waals surface area contributed by atoms with E-state index in [0.717, 1.165) is 12.0 Å². The zero-order chi connectivity index (χ0) is 13.0. The third-order valence-corrected chi connectivity index (χ3v) is 4.17. The van der Waals surface area contributed by atoms with Gasteiger partial charge in [-0.3, -0.25) is 0 Å². The maximum Gasteiger partial charge on any atom is 0.410 e. The van der Waals surface area contributed by atoms with E-state index < -0.39 is 0 Å². The molecule has 2 atom stereocenters. The summed E-state index contributed by atoms with van der Waals surface area (Å²) in [6.45, 7) is 1.55. The molecule has 0 aromatic heterocycles. The molecule has 0 aliphatic carbocycles. The zero-order valence-electron chi connectivity index (χ0n) is 10.1. The van der Waals surface area contributed by atoms with Crippen molar-refractivity contribution in [2.24, 2.45) is 5.73 Å². The van der Waals surface area contributed by atoms with Crippen LogP contribution in [0, 0.1) is 0 Å². The summed E-state index contributed by atoms with van der Waals surface area (Å²) in [4.78, 5) is 13.8. The number of rotatable bonds is 2. The van der Waals surface area contributed by atoms with Crippen molar-refractivity contribution in [1.82, 2.24) is 4.90 Å². The van der Waals surface area contributed by atoms with E-state index in [-0.39, 0.29) is 17.0 Å². The van der Waals surface area contributed by atoms with Gasteiger partial charge >= 0.3 is 6.09 Å². The van der Waals surface area contributed by atoms with E-state index in [2.05, 4.69) is 15.9 Å². The molecule has 1 fully saturated rings. The average Bonchev–Trinajstić information content (AvgIpc) is 2.40. The quantitative estimate of drug-likeness (QED) is 0.851. The van der Waals surface area contributed by atoms with Gasteiger partial charge in [-0.25, -0.2) is 4.79 Å². The van der Waals surface area contributed by atoms with Crippen LogP contribution in [0.2, 0.25) is 0 Å². The minimum absolute atomic E-state index is 0.0250. The number of carbonyl (C=O) groups excluding carboxylic acids is 1. The van der Waals surface area contributed by atoms with Crippen LogP contribution in [0.3, 0.4) is 0 Å². The first-order valence-electron chi connectivity index (χ1n) is 6.02. The Bertz CT molecular complexity index is 399. The lowest BCUT2D eigenvalue weighted by atomic mass is 10.1. The predicted octanol–water partition coefficient (Wildman–Crippen LogP) is 2.12. The van der Waals surface area contributed by atoms with Crippen LogP contribution in [0.5, 0.6) is 0 Å². The highest BCUT2D eigenvalue weighted by Gasteiger charge is 2.28. The number of hydrogen-bond donors (Lipinski definition) is 1. The molecule has 1 aliphatic heterocycles. The molecule has 0 bridgehead atoms. The van der Waals surface area contributed by atoms with Gasteiger partial charge in [-0.05, 0) is 12.0 Å². The highest BCUT2D eigenvalue weighted by molar-refractivity contribution is 9.09. The molecular weight excluding hydrogens is 296 g/mol. The van der Waals surface area contributed by atoms with Crippen molar-refractivity contribution in [1.29, 1.82) is 0 Å². The van der Waals surface area contributed by atoms with Gasteiger partial charge in [0.1, 0.15) is 6.61 Å². The van der Waals surface area contributed by atoms with E-state index in [0.29, 0.717) is 19.7 Å². The smallest absolute Gasteiger partial charge is 0.410 e. The van der Waals surface area contributed by atoms with Gasteiger partial charge in [-0.15, -0.1) is 0 Å². The summed E-state index contributed by atoms with van der Waals surface area (Å²) in [5.74, 6) is 0. The molecule has 0 radical (unpaired) electrons. The second kappa shape index (κ2) is 6.20. The lowest BCUT2D eigenvalue weighted by molar-refractivity contribution is 0.0873. The molecule has 5 heteroatoms.